The lowest BCUT2D eigenvalue weighted by Crippen LogP contribution is -2.57. The summed E-state index contributed by atoms with van der Waals surface area (Å²) in [5, 5.41) is 6.07. The fraction of sp³-hybridized carbons (Fsp3) is 0.556. The second kappa shape index (κ2) is 15.3. The number of sulfonamides is 1. The molecule has 2 atom stereocenters. The molecule has 2 heterocycles. The second-order valence-corrected chi connectivity index (χ2v) is 16.3. The predicted molar refractivity (Wildman–Crippen MR) is 185 cm³/mol. The molecular weight excluding hydrogens is 648 g/mol. The Bertz CT molecular complexity index is 1610. The van der Waals surface area contributed by atoms with Gasteiger partial charge in [0.05, 0.1) is 17.5 Å². The van der Waals surface area contributed by atoms with Crippen molar-refractivity contribution in [2.24, 2.45) is 11.3 Å². The second-order valence-electron chi connectivity index (χ2n) is 14.5. The first-order valence-corrected chi connectivity index (χ1v) is 18.3. The highest BCUT2D eigenvalue weighted by molar-refractivity contribution is 7.89. The molecule has 2 saturated heterocycles. The number of benzene rings is 2. The normalized spacial score (nSPS) is 18.8. The molecule has 0 aromatic heterocycles. The number of piperidine rings is 1. The van der Waals surface area contributed by atoms with Crippen molar-refractivity contribution < 1.29 is 37.1 Å². The van der Waals surface area contributed by atoms with Crippen LogP contribution in [0.1, 0.15) is 71.9 Å². The van der Waals surface area contributed by atoms with E-state index in [9.17, 15) is 27.6 Å². The van der Waals surface area contributed by atoms with Gasteiger partial charge < -0.3 is 25.0 Å². The summed E-state index contributed by atoms with van der Waals surface area (Å²) in [4.78, 5) is 54.8. The monoisotopic (exact) mass is 698 g/mol. The van der Waals surface area contributed by atoms with Crippen molar-refractivity contribution in [2.75, 3.05) is 31.6 Å². The fourth-order valence-corrected chi connectivity index (χ4v) is 7.66. The SMILES string of the molecule is CCOC(=O)[C@H](Cc1ccc(NC(=O)C2CCN(C(=O)OC(C)(C)C)CC2)cc1)N(C(=O)[C@H]1NCCC1(C)C)S(=O)(=O)c1ccc(C)cc1. The summed E-state index contributed by atoms with van der Waals surface area (Å²) in [6.45, 7) is 14.0. The van der Waals surface area contributed by atoms with Gasteiger partial charge in [0.2, 0.25) is 5.91 Å². The molecule has 0 saturated carbocycles. The molecule has 2 aromatic carbocycles. The largest absolute Gasteiger partial charge is 0.464 e. The van der Waals surface area contributed by atoms with E-state index in [0.29, 0.717) is 54.5 Å². The highest BCUT2D eigenvalue weighted by Crippen LogP contribution is 2.34. The van der Waals surface area contributed by atoms with Crippen molar-refractivity contribution >= 4 is 39.6 Å². The summed E-state index contributed by atoms with van der Waals surface area (Å²) in [6, 6.07) is 10.6. The van der Waals surface area contributed by atoms with E-state index >= 15 is 0 Å². The van der Waals surface area contributed by atoms with Gasteiger partial charge in [0.25, 0.3) is 15.9 Å². The van der Waals surface area contributed by atoms with E-state index < -0.39 is 51.1 Å². The van der Waals surface area contributed by atoms with E-state index in [0.717, 1.165) is 5.56 Å². The Labute approximate surface area is 289 Å². The number of rotatable bonds is 10. The van der Waals surface area contributed by atoms with Crippen molar-refractivity contribution in [1.29, 1.82) is 0 Å². The standard InChI is InChI=1S/C36H50N4O8S/c1-8-47-33(43)29(40(32(42)30-36(6,7)19-20-37-30)49(45,46)28-15-9-24(2)10-16-28)23-25-11-13-27(14-12-25)38-31(41)26-17-21-39(22-18-26)34(44)48-35(3,4)5/h9-16,26,29-30,37H,8,17-23H2,1-7H3,(H,38,41)/t29-,30+/m0/s1. The Morgan fingerprint density at radius 3 is 2.16 bits per heavy atom. The minimum atomic E-state index is -4.49. The molecule has 0 unspecified atom stereocenters. The third-order valence-electron chi connectivity index (χ3n) is 8.95. The third-order valence-corrected chi connectivity index (χ3v) is 10.8. The van der Waals surface area contributed by atoms with Gasteiger partial charge in [0.15, 0.2) is 0 Å². The highest BCUT2D eigenvalue weighted by Gasteiger charge is 2.48. The zero-order chi connectivity index (χ0) is 36.1. The summed E-state index contributed by atoms with van der Waals surface area (Å²) in [5.74, 6) is -2.01. The minimum Gasteiger partial charge on any atom is -0.464 e. The predicted octanol–water partition coefficient (Wildman–Crippen LogP) is 4.66. The van der Waals surface area contributed by atoms with E-state index in [1.54, 1.807) is 48.2 Å². The van der Waals surface area contributed by atoms with Crippen LogP contribution >= 0.6 is 0 Å². The van der Waals surface area contributed by atoms with Gasteiger partial charge in [0, 0.05) is 31.1 Å². The number of carbonyl (C=O) groups is 4. The quantitative estimate of drug-likeness (QED) is 0.338. The van der Waals surface area contributed by atoms with Crippen LogP contribution in [0.25, 0.3) is 0 Å². The van der Waals surface area contributed by atoms with Gasteiger partial charge >= 0.3 is 12.1 Å². The van der Waals surface area contributed by atoms with Crippen LogP contribution in [0, 0.1) is 18.3 Å². The molecule has 2 aliphatic rings. The van der Waals surface area contributed by atoms with Gasteiger partial charge in [-0.1, -0.05) is 43.7 Å². The van der Waals surface area contributed by atoms with Gasteiger partial charge in [-0.2, -0.15) is 0 Å². The smallest absolute Gasteiger partial charge is 0.410 e. The number of aryl methyl sites for hydroxylation is 1. The van der Waals surface area contributed by atoms with Crippen molar-refractivity contribution in [1.82, 2.24) is 14.5 Å². The first-order valence-electron chi connectivity index (χ1n) is 16.9. The zero-order valence-corrected chi connectivity index (χ0v) is 30.4. The molecule has 2 N–H and O–H groups in total. The maximum absolute atomic E-state index is 14.2. The Balaban J connectivity index is 1.54. The number of amides is 3. The first-order chi connectivity index (χ1) is 22.9. The van der Waals surface area contributed by atoms with Crippen LogP contribution in [0.3, 0.4) is 0 Å². The van der Waals surface area contributed by atoms with Crippen LogP contribution in [-0.2, 0) is 40.3 Å². The van der Waals surface area contributed by atoms with Gasteiger partial charge in [-0.25, -0.2) is 22.3 Å². The van der Waals surface area contributed by atoms with Crippen LogP contribution < -0.4 is 10.6 Å². The summed E-state index contributed by atoms with van der Waals surface area (Å²) < 4.78 is 40.0. The van der Waals surface area contributed by atoms with E-state index in [-0.39, 0.29) is 29.7 Å². The van der Waals surface area contributed by atoms with Crippen molar-refractivity contribution in [3.05, 3.63) is 59.7 Å². The Kier molecular flexibility index (Phi) is 11.8. The third kappa shape index (κ3) is 9.39. The average molecular weight is 699 g/mol. The van der Waals surface area contributed by atoms with Crippen molar-refractivity contribution in [2.45, 2.75) is 96.7 Å². The highest BCUT2D eigenvalue weighted by atomic mass is 32.2. The van der Waals surface area contributed by atoms with E-state index in [1.165, 1.54) is 12.1 Å². The molecule has 4 rings (SSSR count). The molecule has 2 fully saturated rings. The molecule has 2 aliphatic heterocycles. The van der Waals surface area contributed by atoms with E-state index in [2.05, 4.69) is 10.6 Å². The number of ether oxygens (including phenoxy) is 2. The Hall–Kier alpha value is -3.97. The molecule has 268 valence electrons. The number of hydrogen-bond acceptors (Lipinski definition) is 9. The van der Waals surface area contributed by atoms with Crippen LogP contribution in [0.15, 0.2) is 53.4 Å². The fourth-order valence-electron chi connectivity index (χ4n) is 6.11. The van der Waals surface area contributed by atoms with Gasteiger partial charge in [0.1, 0.15) is 11.6 Å². The number of carbonyl (C=O) groups excluding carboxylic acids is 4. The summed E-state index contributed by atoms with van der Waals surface area (Å²) >= 11 is 0. The van der Waals surface area contributed by atoms with Crippen LogP contribution in [-0.4, -0.2) is 85.4 Å². The molecule has 0 bridgehead atoms. The number of likely N-dealkylation sites (tertiary alicyclic amines) is 1. The summed E-state index contributed by atoms with van der Waals surface area (Å²) in [7, 11) is -4.49. The maximum atomic E-state index is 14.2. The van der Waals surface area contributed by atoms with Crippen LogP contribution in [0.2, 0.25) is 0 Å². The summed E-state index contributed by atoms with van der Waals surface area (Å²) in [5.41, 5.74) is 0.783. The molecule has 0 spiro atoms. The first kappa shape index (κ1) is 37.8. The topological polar surface area (TPSA) is 151 Å². The number of nitrogens with one attached hydrogen (secondary N) is 2. The van der Waals surface area contributed by atoms with Gasteiger partial charge in [-0.05, 0) is 95.7 Å². The lowest BCUT2D eigenvalue weighted by atomic mass is 9.84. The number of esters is 1. The Morgan fingerprint density at radius 2 is 1.63 bits per heavy atom. The molecule has 3 amide bonds. The molecule has 49 heavy (non-hydrogen) atoms. The van der Waals surface area contributed by atoms with Crippen LogP contribution in [0.5, 0.6) is 0 Å². The van der Waals surface area contributed by atoms with Crippen molar-refractivity contribution in [3.8, 4) is 0 Å². The summed E-state index contributed by atoms with van der Waals surface area (Å²) in [6.07, 6.45) is 1.12. The maximum Gasteiger partial charge on any atom is 0.410 e. The number of anilines is 1. The van der Waals surface area contributed by atoms with Gasteiger partial charge in [-0.3, -0.25) is 9.59 Å². The molecule has 0 radical (unpaired) electrons. The van der Waals surface area contributed by atoms with E-state index in [1.807, 2.05) is 41.5 Å². The average Bonchev–Trinajstić information content (AvgIpc) is 3.39. The van der Waals surface area contributed by atoms with Gasteiger partial charge in [-0.15, -0.1) is 0 Å². The number of nitrogens with zero attached hydrogens (tertiary/aromatic N) is 2. The Morgan fingerprint density at radius 1 is 1.02 bits per heavy atom. The van der Waals surface area contributed by atoms with Crippen LogP contribution in [0.4, 0.5) is 10.5 Å². The lowest BCUT2D eigenvalue weighted by molar-refractivity contribution is -0.152. The zero-order valence-electron chi connectivity index (χ0n) is 29.6. The molecule has 0 aliphatic carbocycles. The minimum absolute atomic E-state index is 0.00319. The van der Waals surface area contributed by atoms with Crippen molar-refractivity contribution in [3.63, 3.8) is 0 Å². The molecule has 2 aromatic rings. The molecule has 12 nitrogen and oxygen atoms in total. The van der Waals surface area contributed by atoms with E-state index in [4.69, 9.17) is 9.47 Å². The molecular formula is C36H50N4O8S. The molecule has 13 heteroatoms. The number of hydrogen-bond donors (Lipinski definition) is 2. The lowest BCUT2D eigenvalue weighted by Gasteiger charge is -2.35.